The van der Waals surface area contributed by atoms with E-state index in [9.17, 15) is 97.1 Å². The average Bonchev–Trinajstić information content (AvgIpc) is 3.42. The molecule has 0 spiro atoms. The first kappa shape index (κ1) is 68.4. The second-order valence-electron chi connectivity index (χ2n) is 18.8. The van der Waals surface area contributed by atoms with E-state index >= 15 is 0 Å². The van der Waals surface area contributed by atoms with Crippen molar-refractivity contribution in [1.29, 1.82) is 0 Å². The fourth-order valence-corrected chi connectivity index (χ4v) is 10.3. The molecule has 31 nitrogen and oxygen atoms in total. The zero-order chi connectivity index (χ0) is 60.3. The number of carbonyl (C=O) groups excluding carboxylic acids is 6. The van der Waals surface area contributed by atoms with Gasteiger partial charge in [-0.25, -0.2) is 0 Å². The maximum absolute atomic E-state index is 13.5. The number of ether oxygens (including phenoxy) is 1. The Kier molecular flexibility index (Phi) is 29.0. The maximum Gasteiger partial charge on any atom is 0.360 e. The predicted molar refractivity (Wildman–Crippen MR) is 284 cm³/mol. The van der Waals surface area contributed by atoms with Crippen LogP contribution in [0.4, 0.5) is 0 Å². The van der Waals surface area contributed by atoms with E-state index < -0.39 is 138 Å². The van der Waals surface area contributed by atoms with Crippen molar-refractivity contribution in [2.45, 2.75) is 69.1 Å². The molecule has 1 aliphatic rings. The lowest BCUT2D eigenvalue weighted by Gasteiger charge is -2.35. The molecule has 0 bridgehead atoms. The molecule has 1 fully saturated rings. The number of nitrogens with zero attached hydrogens (tertiary/aromatic N) is 4. The van der Waals surface area contributed by atoms with Crippen molar-refractivity contribution in [3.05, 3.63) is 65.7 Å². The number of nitrogens with one attached hydrogen (secondary N) is 6. The van der Waals surface area contributed by atoms with Crippen molar-refractivity contribution in [3.8, 4) is 5.75 Å². The molecule has 3 atom stereocenters. The van der Waals surface area contributed by atoms with Gasteiger partial charge in [0.15, 0.2) is 6.61 Å². The van der Waals surface area contributed by atoms with Gasteiger partial charge < -0.3 is 76.6 Å². The molecular formula is C48H72N10O21P2. The first-order valence-electron chi connectivity index (χ1n) is 25.5. The number of carbonyl (C=O) groups is 10. The van der Waals surface area contributed by atoms with E-state index in [0.29, 0.717) is 12.1 Å². The van der Waals surface area contributed by atoms with Crippen LogP contribution in [0.2, 0.25) is 0 Å². The summed E-state index contributed by atoms with van der Waals surface area (Å²) in [5, 5.41) is 52.7. The number of rotatable bonds is 32. The lowest BCUT2D eigenvalue weighted by molar-refractivity contribution is -0.145. The number of carboxylic acids is 4. The van der Waals surface area contributed by atoms with Crippen LogP contribution in [0.25, 0.3) is 0 Å². The Morgan fingerprint density at radius 2 is 1.00 bits per heavy atom. The minimum Gasteiger partial charge on any atom is -0.484 e. The number of amides is 6. The summed E-state index contributed by atoms with van der Waals surface area (Å²) in [7, 11) is -11.3. The number of unbranched alkanes of at least 4 members (excludes halogenated alkanes) is 1. The largest absolute Gasteiger partial charge is 0.484 e. The quantitative estimate of drug-likeness (QED) is 0.0249. The molecule has 1 saturated heterocycles. The van der Waals surface area contributed by atoms with Crippen LogP contribution in [0.1, 0.15) is 43.7 Å². The molecule has 0 aromatic heterocycles. The van der Waals surface area contributed by atoms with Crippen LogP contribution in [-0.4, -0.2) is 241 Å². The van der Waals surface area contributed by atoms with Crippen molar-refractivity contribution >= 4 is 74.5 Å². The number of hydrogen-bond acceptors (Lipinski definition) is 17. The van der Waals surface area contributed by atoms with Crippen molar-refractivity contribution in [2.24, 2.45) is 0 Å². The van der Waals surface area contributed by atoms with Gasteiger partial charge in [0.05, 0.1) is 32.7 Å². The van der Waals surface area contributed by atoms with Crippen LogP contribution in [0.5, 0.6) is 5.75 Å². The zero-order valence-corrected chi connectivity index (χ0v) is 46.2. The van der Waals surface area contributed by atoms with Crippen molar-refractivity contribution in [3.63, 3.8) is 0 Å². The summed E-state index contributed by atoms with van der Waals surface area (Å²) >= 11 is 0. The average molecular weight is 1190 g/mol. The Morgan fingerprint density at radius 3 is 1.47 bits per heavy atom. The van der Waals surface area contributed by atoms with Gasteiger partial charge in [-0.15, -0.1) is 0 Å². The standard InChI is InChI=1S/C48H72N10O21P2/c1-2-3-15-49-45(69)35(24-32-7-5-4-6-8-32)53-41(62)31-79-34-11-9-33(10-12-34)25-36(46(70)51-27-40(61)54-48(80(73,74)75)81(76,77)78)52-39(60)26-50-38(59)14-13-37(47(71)72)58-22-20-56(29-43(65)66)18-16-55(28-42(63)64)17-19-57(21-23-58)30-44(67)68/h4-12,35-37,48H,2-3,13-31H2,1H3,(H,49,69)(H,50,59)(H,51,70)(H,52,60)(H,53,62)(H,54,61)(H,63,64)(H,65,66)(H,67,68)(H,71,72)(H2,73,74,75)(H2,76,77,78)/t35-,36-,37?/m0/s1. The maximum atomic E-state index is 13.5. The third kappa shape index (κ3) is 27.4. The molecule has 0 saturated carbocycles. The second kappa shape index (κ2) is 34.4. The third-order valence-electron chi connectivity index (χ3n) is 12.3. The summed E-state index contributed by atoms with van der Waals surface area (Å²) in [5.74, 6) is -10.2. The molecule has 0 aliphatic carbocycles. The van der Waals surface area contributed by atoms with Crippen LogP contribution in [0.3, 0.4) is 0 Å². The number of benzene rings is 2. The highest BCUT2D eigenvalue weighted by atomic mass is 31.2. The summed E-state index contributed by atoms with van der Waals surface area (Å²) in [5.41, 5.74) is -1.82. The van der Waals surface area contributed by atoms with Crippen LogP contribution in [0.15, 0.2) is 54.6 Å². The topological polar surface area (TPSA) is 461 Å². The first-order valence-corrected chi connectivity index (χ1v) is 28.8. The van der Waals surface area contributed by atoms with E-state index in [0.717, 1.165) is 18.4 Å². The normalized spacial score (nSPS) is 15.5. The van der Waals surface area contributed by atoms with Crippen molar-refractivity contribution < 1.29 is 102 Å². The predicted octanol–water partition coefficient (Wildman–Crippen LogP) is -3.57. The van der Waals surface area contributed by atoms with E-state index in [1.54, 1.807) is 12.1 Å². The first-order chi connectivity index (χ1) is 38.1. The molecule has 1 heterocycles. The van der Waals surface area contributed by atoms with E-state index in [2.05, 4.69) is 26.6 Å². The Morgan fingerprint density at radius 1 is 0.556 bits per heavy atom. The Hall–Kier alpha value is -6.92. The van der Waals surface area contributed by atoms with Gasteiger partial charge in [-0.05, 0) is 36.1 Å². The molecule has 14 N–H and O–H groups in total. The fraction of sp³-hybridized carbons (Fsp3) is 0.542. The van der Waals surface area contributed by atoms with Crippen molar-refractivity contribution in [2.75, 3.05) is 98.2 Å². The molecule has 2 aromatic carbocycles. The Labute approximate surface area is 465 Å². The van der Waals surface area contributed by atoms with E-state index in [4.69, 9.17) is 4.74 Å². The molecule has 6 amide bonds. The van der Waals surface area contributed by atoms with E-state index in [1.807, 2.05) is 25.1 Å². The summed E-state index contributed by atoms with van der Waals surface area (Å²) in [6.45, 7) is -1.25. The number of hydrogen-bond donors (Lipinski definition) is 14. The Balaban J connectivity index is 1.74. The van der Waals surface area contributed by atoms with Crippen LogP contribution < -0.4 is 36.6 Å². The number of aliphatic carboxylic acids is 4. The lowest BCUT2D eigenvalue weighted by Crippen LogP contribution is -2.52. The highest BCUT2D eigenvalue weighted by Crippen LogP contribution is 2.58. The van der Waals surface area contributed by atoms with E-state index in [1.165, 1.54) is 49.2 Å². The monoisotopic (exact) mass is 1190 g/mol. The highest BCUT2D eigenvalue weighted by Gasteiger charge is 2.44. The molecule has 2 aromatic rings. The second-order valence-corrected chi connectivity index (χ2v) is 22.6. The minimum absolute atomic E-state index is 0.0163. The molecular weight excluding hydrogens is 1110 g/mol. The van der Waals surface area contributed by atoms with Gasteiger partial charge in [-0.1, -0.05) is 55.8 Å². The molecule has 33 heteroatoms. The van der Waals surface area contributed by atoms with E-state index in [-0.39, 0.29) is 83.3 Å². The van der Waals surface area contributed by atoms with Gasteiger partial charge in [-0.2, -0.15) is 0 Å². The number of carboxylic acid groups (broad SMARTS) is 4. The van der Waals surface area contributed by atoms with Crippen molar-refractivity contribution in [1.82, 2.24) is 51.5 Å². The van der Waals surface area contributed by atoms with Gasteiger partial charge in [0.1, 0.15) is 23.9 Å². The molecule has 450 valence electrons. The lowest BCUT2D eigenvalue weighted by atomic mass is 10.0. The molecule has 1 aliphatic heterocycles. The third-order valence-corrected chi connectivity index (χ3v) is 15.6. The summed E-state index contributed by atoms with van der Waals surface area (Å²) in [6.07, 6.45) is 0.575. The molecule has 3 rings (SSSR count). The fourth-order valence-electron chi connectivity index (χ4n) is 8.13. The summed E-state index contributed by atoms with van der Waals surface area (Å²) in [4.78, 5) is 170. The zero-order valence-electron chi connectivity index (χ0n) is 44.4. The van der Waals surface area contributed by atoms with Crippen LogP contribution in [0, 0.1) is 0 Å². The van der Waals surface area contributed by atoms with Crippen LogP contribution in [-0.2, 0) is 69.9 Å². The van der Waals surface area contributed by atoms with Gasteiger partial charge in [0, 0.05) is 78.2 Å². The van der Waals surface area contributed by atoms with Gasteiger partial charge in [0.25, 0.3) is 5.91 Å². The van der Waals surface area contributed by atoms with Crippen LogP contribution >= 0.6 is 15.2 Å². The highest BCUT2D eigenvalue weighted by molar-refractivity contribution is 7.70. The Bertz CT molecular complexity index is 2500. The minimum atomic E-state index is -5.63. The molecule has 1 unspecified atom stereocenters. The summed E-state index contributed by atoms with van der Waals surface area (Å²) in [6, 6.07) is 10.8. The SMILES string of the molecule is CCCCNC(=O)[C@H](Cc1ccccc1)NC(=O)COc1ccc(C[C@H](NC(=O)CNC(=O)CCC(C(=O)O)N2CCN(CC(=O)O)CCN(CC(=O)O)CCN(CC(=O)O)CC2)C(=O)NCC(=O)NC(P(=O)(O)O)P(=O)(O)O)cc1. The molecule has 0 radical (unpaired) electrons. The van der Waals surface area contributed by atoms with Gasteiger partial charge in [-0.3, -0.25) is 76.7 Å². The van der Waals surface area contributed by atoms with Gasteiger partial charge in [0.2, 0.25) is 35.1 Å². The van der Waals surface area contributed by atoms with Gasteiger partial charge >= 0.3 is 39.1 Å². The summed E-state index contributed by atoms with van der Waals surface area (Å²) < 4.78 is 29.1. The smallest absolute Gasteiger partial charge is 0.360 e. The molecule has 81 heavy (non-hydrogen) atoms.